The predicted molar refractivity (Wildman–Crippen MR) is 216 cm³/mol. The maximum Gasteiger partial charge on any atom is 0.162 e. The molecule has 0 amide bonds. The van der Waals surface area contributed by atoms with E-state index in [4.69, 9.17) is 11.1 Å². The summed E-state index contributed by atoms with van der Waals surface area (Å²) in [6.45, 7) is 23.7. The molecule has 2 heterocycles. The van der Waals surface area contributed by atoms with Crippen molar-refractivity contribution in [2.24, 2.45) is 22.2 Å². The molecule has 0 unspecified atom stereocenters. The summed E-state index contributed by atoms with van der Waals surface area (Å²) in [5, 5.41) is 16.6. The second-order valence-corrected chi connectivity index (χ2v) is 17.1. The summed E-state index contributed by atoms with van der Waals surface area (Å²) < 4.78 is 15.5. The molecule has 0 saturated heterocycles. The van der Waals surface area contributed by atoms with Gasteiger partial charge in [-0.15, -0.1) is 17.5 Å². The van der Waals surface area contributed by atoms with Gasteiger partial charge in [0.15, 0.2) is 5.78 Å². The van der Waals surface area contributed by atoms with Gasteiger partial charge in [0.05, 0.1) is 7.12 Å². The molecule has 279 valence electrons. The SMILES string of the molecule is CCC(CC)C(=O)/C=C(\O)C(C)(CC)CC.[2H]c1cc2c3c(cc4c(CC(C)(C)C)cccc42)Oc2c([c-]c4ccccc4c2CC(C)(C)C)-c3n1.[Ir]. The Labute approximate surface area is 327 Å². The minimum Gasteiger partial charge on any atom is -0.512 e. The number of aliphatic hydroxyl groups excluding tert-OH is 1. The number of hydrogen-bond donors (Lipinski definition) is 1. The Hall–Kier alpha value is -3.53. The average molecular weight is 878 g/mol. The molecule has 1 radical (unpaired) electrons. The number of nitrogens with zero attached hydrogens (tertiary/aromatic N) is 1. The van der Waals surface area contributed by atoms with E-state index >= 15 is 0 Å². The van der Waals surface area contributed by atoms with Crippen molar-refractivity contribution >= 4 is 38.1 Å². The van der Waals surface area contributed by atoms with Crippen molar-refractivity contribution in [2.45, 2.75) is 115 Å². The van der Waals surface area contributed by atoms with Crippen LogP contribution in [0.2, 0.25) is 0 Å². The van der Waals surface area contributed by atoms with Crippen LogP contribution in [0.3, 0.4) is 0 Å². The average Bonchev–Trinajstić information content (AvgIpc) is 3.08. The third kappa shape index (κ3) is 8.64. The number of ether oxygens (including phenoxy) is 1. The van der Waals surface area contributed by atoms with E-state index in [0.717, 1.165) is 82.8 Å². The van der Waals surface area contributed by atoms with Gasteiger partial charge < -0.3 is 9.84 Å². The van der Waals surface area contributed by atoms with Crippen LogP contribution < -0.4 is 4.74 Å². The predicted octanol–water partition coefficient (Wildman–Crippen LogP) is 13.5. The second kappa shape index (κ2) is 16.2. The first-order chi connectivity index (χ1) is 24.4. The van der Waals surface area contributed by atoms with Gasteiger partial charge in [-0.1, -0.05) is 129 Å². The number of ketones is 1. The number of allylic oxidation sites excluding steroid dienone is 2. The zero-order valence-corrected chi connectivity index (χ0v) is 35.5. The molecule has 6 rings (SSSR count). The summed E-state index contributed by atoms with van der Waals surface area (Å²) in [5.41, 5.74) is 4.14. The molecular weight excluding hydrogens is 819 g/mol. The molecule has 4 nitrogen and oxygen atoms in total. The van der Waals surface area contributed by atoms with Gasteiger partial charge in [-0.25, -0.2) is 0 Å². The molecule has 0 spiro atoms. The molecule has 1 aromatic heterocycles. The number of aromatic nitrogens is 1. The van der Waals surface area contributed by atoms with E-state index in [-0.39, 0.29) is 60.0 Å². The van der Waals surface area contributed by atoms with Crippen LogP contribution in [0.1, 0.15) is 114 Å². The largest absolute Gasteiger partial charge is 0.512 e. The van der Waals surface area contributed by atoms with E-state index in [0.29, 0.717) is 0 Å². The zero-order valence-electron chi connectivity index (χ0n) is 34.1. The van der Waals surface area contributed by atoms with Gasteiger partial charge >= 0.3 is 0 Å². The van der Waals surface area contributed by atoms with Crippen molar-refractivity contribution in [3.05, 3.63) is 89.8 Å². The topological polar surface area (TPSA) is 59.4 Å². The first-order valence-corrected chi connectivity index (χ1v) is 18.9. The van der Waals surface area contributed by atoms with E-state index < -0.39 is 0 Å². The molecule has 1 N–H and O–H groups in total. The van der Waals surface area contributed by atoms with Crippen LogP contribution in [0.4, 0.5) is 0 Å². The summed E-state index contributed by atoms with van der Waals surface area (Å²) in [5.74, 6) is 2.03. The number of fused-ring (bicyclic) bond motifs is 5. The van der Waals surface area contributed by atoms with Gasteiger partial charge in [0.2, 0.25) is 0 Å². The molecule has 0 atom stereocenters. The fraction of sp³-hybridized carbons (Fsp3) is 0.447. The van der Waals surface area contributed by atoms with Gasteiger partial charge in [-0.2, -0.15) is 0 Å². The van der Waals surface area contributed by atoms with Gasteiger partial charge in [0.1, 0.15) is 11.5 Å². The van der Waals surface area contributed by atoms with Crippen molar-refractivity contribution in [1.82, 2.24) is 4.98 Å². The van der Waals surface area contributed by atoms with Crippen LogP contribution in [-0.2, 0) is 37.7 Å². The Bertz CT molecular complexity index is 2150. The van der Waals surface area contributed by atoms with Crippen molar-refractivity contribution in [1.29, 1.82) is 0 Å². The number of benzene rings is 4. The zero-order chi connectivity index (χ0) is 38.2. The molecule has 4 aromatic carbocycles. The van der Waals surface area contributed by atoms with E-state index in [1.165, 1.54) is 28.0 Å². The maximum absolute atomic E-state index is 11.9. The number of carbonyl (C=O) groups excluding carboxylic acids is 1. The van der Waals surface area contributed by atoms with Crippen LogP contribution in [0, 0.1) is 28.2 Å². The Morgan fingerprint density at radius 3 is 2.12 bits per heavy atom. The molecule has 52 heavy (non-hydrogen) atoms. The number of carbonyl (C=O) groups is 1. The molecular formula is C47H58IrNO3-. The Kier molecular flexibility index (Phi) is 12.4. The maximum atomic E-state index is 11.9. The van der Waals surface area contributed by atoms with Crippen LogP contribution in [-0.4, -0.2) is 15.9 Å². The molecule has 1 aliphatic heterocycles. The molecule has 0 fully saturated rings. The number of hydrogen-bond acceptors (Lipinski definition) is 4. The smallest absolute Gasteiger partial charge is 0.162 e. The summed E-state index contributed by atoms with van der Waals surface area (Å²) in [7, 11) is 0. The standard InChI is InChI=1S/C33H32NO.C14H26O2.Ir/c1-32(2,3)18-21-11-9-13-23-24-14-15-34-30-26-16-20-10-7-8-12-22(20)27(19-33(4,5)6)31(26)35-28(29(24)30)17-25(21)23;1-6-11(7-2)12(15)10-13(16)14(5,8-3)9-4;/h7-15,17H,18-19H2,1-6H3;10-11,16H,6-9H2,1-5H3;/q-1;;/b;13-10-;/i15D;;. The molecule has 1 aliphatic rings. The van der Waals surface area contributed by atoms with Gasteiger partial charge in [0, 0.05) is 54.8 Å². The summed E-state index contributed by atoms with van der Waals surface area (Å²) in [6.07, 6.45) is 6.93. The summed E-state index contributed by atoms with van der Waals surface area (Å²) in [6, 6.07) is 22.6. The minimum atomic E-state index is -0.248. The number of pyridine rings is 1. The molecule has 5 heteroatoms. The van der Waals surface area contributed by atoms with Crippen molar-refractivity contribution in [3.8, 4) is 22.8 Å². The van der Waals surface area contributed by atoms with Crippen LogP contribution in [0.25, 0.3) is 43.6 Å². The first kappa shape index (κ1) is 39.7. The van der Waals surface area contributed by atoms with Gasteiger partial charge in [-0.05, 0) is 83.2 Å². The summed E-state index contributed by atoms with van der Waals surface area (Å²) in [4.78, 5) is 16.6. The monoisotopic (exact) mass is 878 g/mol. The van der Waals surface area contributed by atoms with Gasteiger partial charge in [0.25, 0.3) is 0 Å². The van der Waals surface area contributed by atoms with E-state index in [2.05, 4.69) is 96.1 Å². The van der Waals surface area contributed by atoms with Gasteiger partial charge in [-0.3, -0.25) is 9.78 Å². The van der Waals surface area contributed by atoms with E-state index in [1.54, 1.807) is 0 Å². The minimum absolute atomic E-state index is 0. The fourth-order valence-corrected chi connectivity index (χ4v) is 7.23. The second-order valence-electron chi connectivity index (χ2n) is 17.1. The van der Waals surface area contributed by atoms with E-state index in [1.807, 2.05) is 40.7 Å². The quantitative estimate of drug-likeness (QED) is 0.0680. The van der Waals surface area contributed by atoms with E-state index in [9.17, 15) is 9.90 Å². The van der Waals surface area contributed by atoms with Crippen LogP contribution in [0.5, 0.6) is 11.5 Å². The Morgan fingerprint density at radius 1 is 0.865 bits per heavy atom. The van der Waals surface area contributed by atoms with Crippen molar-refractivity contribution in [2.75, 3.05) is 0 Å². The van der Waals surface area contributed by atoms with Crippen LogP contribution in [0.15, 0.2) is 72.6 Å². The molecule has 0 bridgehead atoms. The molecule has 0 saturated carbocycles. The third-order valence-electron chi connectivity index (χ3n) is 10.6. The van der Waals surface area contributed by atoms with Crippen LogP contribution >= 0.6 is 0 Å². The molecule has 5 aromatic rings. The Balaban J connectivity index is 0.000000316. The van der Waals surface area contributed by atoms with Crippen molar-refractivity contribution < 1.29 is 36.1 Å². The Morgan fingerprint density at radius 2 is 1.50 bits per heavy atom. The number of aliphatic hydroxyl groups is 1. The summed E-state index contributed by atoms with van der Waals surface area (Å²) >= 11 is 0. The van der Waals surface area contributed by atoms with Crippen molar-refractivity contribution in [3.63, 3.8) is 0 Å². The first-order valence-electron chi connectivity index (χ1n) is 19.4. The number of rotatable bonds is 9. The normalized spacial score (nSPS) is 13.3. The molecule has 0 aliphatic carbocycles. The third-order valence-corrected chi connectivity index (χ3v) is 10.6. The fourth-order valence-electron chi connectivity index (χ4n) is 7.23.